The second kappa shape index (κ2) is 4.36. The highest BCUT2D eigenvalue weighted by atomic mass is 19.4. The van der Waals surface area contributed by atoms with Crippen molar-refractivity contribution in [1.29, 1.82) is 0 Å². The highest BCUT2D eigenvalue weighted by Gasteiger charge is 2.30. The van der Waals surface area contributed by atoms with Crippen molar-refractivity contribution in [3.05, 3.63) is 30.0 Å². The van der Waals surface area contributed by atoms with Crippen molar-refractivity contribution in [1.82, 2.24) is 4.98 Å². The summed E-state index contributed by atoms with van der Waals surface area (Å²) in [4.78, 5) is 13.8. The lowest BCUT2D eigenvalue weighted by Crippen LogP contribution is -2.05. The van der Waals surface area contributed by atoms with Gasteiger partial charge >= 0.3 is 12.1 Å². The Bertz CT molecular complexity index is 587. The molecule has 1 N–H and O–H groups in total. The SMILES string of the molecule is CCC(=O)Oc1c[nH]c2cc(C(F)(F)F)ccc12. The van der Waals surface area contributed by atoms with E-state index in [1.54, 1.807) is 6.92 Å². The second-order valence-electron chi connectivity index (χ2n) is 3.74. The maximum atomic E-state index is 12.5. The Morgan fingerprint density at radius 3 is 2.72 bits per heavy atom. The molecule has 0 aliphatic rings. The van der Waals surface area contributed by atoms with Crippen LogP contribution in [0, 0.1) is 0 Å². The Hall–Kier alpha value is -1.98. The molecule has 0 unspecified atom stereocenters. The summed E-state index contributed by atoms with van der Waals surface area (Å²) in [5.41, 5.74) is -0.464. The van der Waals surface area contributed by atoms with Gasteiger partial charge in [0.1, 0.15) is 0 Å². The van der Waals surface area contributed by atoms with E-state index in [1.807, 2.05) is 0 Å². The van der Waals surface area contributed by atoms with Crippen molar-refractivity contribution in [3.8, 4) is 5.75 Å². The number of carbonyl (C=O) groups excluding carboxylic acids is 1. The van der Waals surface area contributed by atoms with Gasteiger partial charge in [-0.25, -0.2) is 0 Å². The van der Waals surface area contributed by atoms with E-state index in [0.717, 1.165) is 12.1 Å². The van der Waals surface area contributed by atoms with Gasteiger partial charge in [-0.2, -0.15) is 13.2 Å². The van der Waals surface area contributed by atoms with Crippen LogP contribution in [0.2, 0.25) is 0 Å². The molecule has 6 heteroatoms. The van der Waals surface area contributed by atoms with Crippen LogP contribution in [0.1, 0.15) is 18.9 Å². The zero-order valence-electron chi connectivity index (χ0n) is 9.47. The van der Waals surface area contributed by atoms with E-state index in [1.165, 1.54) is 12.3 Å². The van der Waals surface area contributed by atoms with Crippen molar-refractivity contribution >= 4 is 16.9 Å². The third kappa shape index (κ3) is 2.32. The lowest BCUT2D eigenvalue weighted by atomic mass is 10.1. The minimum Gasteiger partial charge on any atom is -0.424 e. The number of aromatic amines is 1. The molecule has 0 spiro atoms. The molecule has 3 nitrogen and oxygen atoms in total. The highest BCUT2D eigenvalue weighted by molar-refractivity contribution is 5.89. The van der Waals surface area contributed by atoms with E-state index in [0.29, 0.717) is 5.39 Å². The van der Waals surface area contributed by atoms with Gasteiger partial charge in [0.15, 0.2) is 5.75 Å². The molecule has 0 saturated heterocycles. The fourth-order valence-corrected chi connectivity index (χ4v) is 1.56. The number of halogens is 3. The molecule has 1 aromatic heterocycles. The number of benzene rings is 1. The highest BCUT2D eigenvalue weighted by Crippen LogP contribution is 2.33. The van der Waals surface area contributed by atoms with Crippen molar-refractivity contribution < 1.29 is 22.7 Å². The first kappa shape index (κ1) is 12.5. The number of carbonyl (C=O) groups is 1. The topological polar surface area (TPSA) is 42.1 Å². The Balaban J connectivity index is 2.41. The minimum atomic E-state index is -4.39. The Morgan fingerprint density at radius 1 is 1.39 bits per heavy atom. The van der Waals surface area contributed by atoms with Gasteiger partial charge in [-0.05, 0) is 18.2 Å². The number of hydrogen-bond donors (Lipinski definition) is 1. The van der Waals surface area contributed by atoms with Crippen LogP contribution in [0.25, 0.3) is 10.9 Å². The number of esters is 1. The molecule has 2 rings (SSSR count). The first-order chi connectivity index (χ1) is 8.41. The van der Waals surface area contributed by atoms with Gasteiger partial charge in [-0.15, -0.1) is 0 Å². The molecule has 1 heterocycles. The van der Waals surface area contributed by atoms with E-state index >= 15 is 0 Å². The number of H-pyrrole nitrogens is 1. The van der Waals surface area contributed by atoms with Gasteiger partial charge in [0.25, 0.3) is 0 Å². The largest absolute Gasteiger partial charge is 0.424 e. The average molecular weight is 257 g/mol. The predicted molar refractivity (Wildman–Crippen MR) is 59.2 cm³/mol. The molecule has 0 aliphatic heterocycles. The first-order valence-electron chi connectivity index (χ1n) is 5.31. The molecule has 0 bridgehead atoms. The molecule has 18 heavy (non-hydrogen) atoms. The number of aromatic nitrogens is 1. The Morgan fingerprint density at radius 2 is 2.11 bits per heavy atom. The van der Waals surface area contributed by atoms with E-state index in [4.69, 9.17) is 4.74 Å². The van der Waals surface area contributed by atoms with Gasteiger partial charge in [0.05, 0.1) is 5.56 Å². The summed E-state index contributed by atoms with van der Waals surface area (Å²) in [5.74, 6) is -0.193. The summed E-state index contributed by atoms with van der Waals surface area (Å²) in [7, 11) is 0. The number of fused-ring (bicyclic) bond motifs is 1. The maximum Gasteiger partial charge on any atom is 0.416 e. The number of rotatable bonds is 2. The lowest BCUT2D eigenvalue weighted by Gasteiger charge is -2.06. The van der Waals surface area contributed by atoms with Crippen molar-refractivity contribution in [2.45, 2.75) is 19.5 Å². The number of alkyl halides is 3. The minimum absolute atomic E-state index is 0.202. The van der Waals surface area contributed by atoms with Crippen LogP contribution in [0.4, 0.5) is 13.2 Å². The van der Waals surface area contributed by atoms with Gasteiger partial charge in [-0.3, -0.25) is 4.79 Å². The third-order valence-corrected chi connectivity index (χ3v) is 2.48. The second-order valence-corrected chi connectivity index (χ2v) is 3.74. The molecule has 2 aromatic rings. The number of hydrogen-bond acceptors (Lipinski definition) is 2. The summed E-state index contributed by atoms with van der Waals surface area (Å²) >= 11 is 0. The molecular weight excluding hydrogens is 247 g/mol. The average Bonchev–Trinajstić information content (AvgIpc) is 2.70. The van der Waals surface area contributed by atoms with Crippen LogP contribution in [-0.4, -0.2) is 11.0 Å². The zero-order valence-corrected chi connectivity index (χ0v) is 9.47. The van der Waals surface area contributed by atoms with Gasteiger partial charge in [-0.1, -0.05) is 6.92 Å². The van der Waals surface area contributed by atoms with Crippen LogP contribution < -0.4 is 4.74 Å². The lowest BCUT2D eigenvalue weighted by molar-refractivity contribution is -0.137. The van der Waals surface area contributed by atoms with Crippen molar-refractivity contribution in [2.24, 2.45) is 0 Å². The third-order valence-electron chi connectivity index (χ3n) is 2.48. The van der Waals surface area contributed by atoms with Crippen LogP contribution in [0.5, 0.6) is 5.75 Å². The van der Waals surface area contributed by atoms with Gasteiger partial charge in [0, 0.05) is 23.5 Å². The Kier molecular flexibility index (Phi) is 3.02. The maximum absolute atomic E-state index is 12.5. The van der Waals surface area contributed by atoms with E-state index in [9.17, 15) is 18.0 Å². The van der Waals surface area contributed by atoms with Gasteiger partial charge in [0.2, 0.25) is 0 Å². The van der Waals surface area contributed by atoms with Crippen LogP contribution >= 0.6 is 0 Å². The van der Waals surface area contributed by atoms with E-state index < -0.39 is 17.7 Å². The first-order valence-corrected chi connectivity index (χ1v) is 5.31. The molecule has 96 valence electrons. The van der Waals surface area contributed by atoms with Crippen LogP contribution in [-0.2, 0) is 11.0 Å². The van der Waals surface area contributed by atoms with Crippen molar-refractivity contribution in [2.75, 3.05) is 0 Å². The predicted octanol–water partition coefficient (Wildman–Crippen LogP) is 3.50. The molecule has 0 radical (unpaired) electrons. The van der Waals surface area contributed by atoms with Gasteiger partial charge < -0.3 is 9.72 Å². The van der Waals surface area contributed by atoms with Crippen LogP contribution in [0.15, 0.2) is 24.4 Å². The molecule has 0 fully saturated rings. The van der Waals surface area contributed by atoms with Crippen LogP contribution in [0.3, 0.4) is 0 Å². The number of ether oxygens (including phenoxy) is 1. The summed E-state index contributed by atoms with van der Waals surface area (Å²) in [6, 6.07) is 3.23. The van der Waals surface area contributed by atoms with E-state index in [2.05, 4.69) is 4.98 Å². The summed E-state index contributed by atoms with van der Waals surface area (Å²) < 4.78 is 42.5. The smallest absolute Gasteiger partial charge is 0.416 e. The molecule has 0 saturated carbocycles. The summed E-state index contributed by atoms with van der Waals surface area (Å²) in [6.07, 6.45) is -2.81. The molecule has 1 aromatic carbocycles. The standard InChI is InChI=1S/C12H10F3NO2/c1-2-11(17)18-10-6-16-9-5-7(12(13,14)15)3-4-8(9)10/h3-6,16H,2H2,1H3. The molecular formula is C12H10F3NO2. The quantitative estimate of drug-likeness (QED) is 0.836. The molecule has 0 aliphatic carbocycles. The molecule has 0 amide bonds. The monoisotopic (exact) mass is 257 g/mol. The summed E-state index contributed by atoms with van der Waals surface area (Å²) in [5, 5.41) is 0.449. The number of nitrogens with one attached hydrogen (secondary N) is 1. The molecule has 0 atom stereocenters. The van der Waals surface area contributed by atoms with Crippen molar-refractivity contribution in [3.63, 3.8) is 0 Å². The van der Waals surface area contributed by atoms with E-state index in [-0.39, 0.29) is 17.7 Å². The summed E-state index contributed by atoms with van der Waals surface area (Å²) in [6.45, 7) is 1.64. The normalized spacial score (nSPS) is 11.8. The fourth-order valence-electron chi connectivity index (χ4n) is 1.56. The fraction of sp³-hybridized carbons (Fsp3) is 0.250. The Labute approximate surface area is 101 Å². The zero-order chi connectivity index (χ0) is 13.3.